The highest BCUT2D eigenvalue weighted by atomic mass is 35.5. The van der Waals surface area contributed by atoms with Crippen LogP contribution in [0.1, 0.15) is 22.5 Å². The van der Waals surface area contributed by atoms with Crippen LogP contribution < -0.4 is 14.4 Å². The number of hydrogen-bond acceptors (Lipinski definition) is 5. The quantitative estimate of drug-likeness (QED) is 0.864. The molecule has 0 saturated heterocycles. The fourth-order valence-electron chi connectivity index (χ4n) is 2.71. The minimum atomic E-state index is -0.252. The number of fused-ring (bicyclic) bond motifs is 1. The molecule has 120 valence electrons. The van der Waals surface area contributed by atoms with Gasteiger partial charge in [-0.2, -0.15) is 0 Å². The molecule has 1 aliphatic rings. The van der Waals surface area contributed by atoms with E-state index in [0.717, 1.165) is 18.4 Å². The van der Waals surface area contributed by atoms with Crippen LogP contribution in [0.5, 0.6) is 11.6 Å². The Morgan fingerprint density at radius 1 is 1.26 bits per heavy atom. The molecule has 1 amide bonds. The van der Waals surface area contributed by atoms with E-state index >= 15 is 0 Å². The zero-order chi connectivity index (χ0) is 16.4. The van der Waals surface area contributed by atoms with Crippen molar-refractivity contribution in [2.45, 2.75) is 12.8 Å². The van der Waals surface area contributed by atoms with Crippen LogP contribution in [0, 0.1) is 0 Å². The zero-order valence-electron chi connectivity index (χ0n) is 12.9. The maximum Gasteiger partial charge on any atom is 0.278 e. The molecule has 0 spiro atoms. The van der Waals surface area contributed by atoms with Crippen molar-refractivity contribution in [2.24, 2.45) is 0 Å². The van der Waals surface area contributed by atoms with Gasteiger partial charge in [-0.1, -0.05) is 11.6 Å². The second kappa shape index (κ2) is 6.42. The van der Waals surface area contributed by atoms with Gasteiger partial charge in [-0.05, 0) is 30.5 Å². The number of hydrogen-bond donors (Lipinski definition) is 0. The molecule has 2 heterocycles. The number of benzene rings is 1. The van der Waals surface area contributed by atoms with Gasteiger partial charge in [0.25, 0.3) is 5.91 Å². The molecule has 0 radical (unpaired) electrons. The summed E-state index contributed by atoms with van der Waals surface area (Å²) < 4.78 is 10.5. The van der Waals surface area contributed by atoms with Crippen LogP contribution in [0.25, 0.3) is 0 Å². The first-order valence-electron chi connectivity index (χ1n) is 7.19. The summed E-state index contributed by atoms with van der Waals surface area (Å²) in [4.78, 5) is 22.7. The van der Waals surface area contributed by atoms with Crippen LogP contribution in [0.4, 0.5) is 5.69 Å². The number of methoxy groups -OCH3 is 2. The lowest BCUT2D eigenvalue weighted by Crippen LogP contribution is -2.36. The minimum Gasteiger partial charge on any atom is -0.495 e. The van der Waals surface area contributed by atoms with Crippen LogP contribution >= 0.6 is 11.6 Å². The van der Waals surface area contributed by atoms with E-state index in [0.29, 0.717) is 28.9 Å². The number of anilines is 1. The molecule has 3 rings (SSSR count). The van der Waals surface area contributed by atoms with Gasteiger partial charge in [0, 0.05) is 11.6 Å². The number of ether oxygens (including phenoxy) is 2. The number of aromatic nitrogens is 2. The Hall–Kier alpha value is -2.34. The second-order valence-corrected chi connectivity index (χ2v) is 5.49. The fraction of sp³-hybridized carbons (Fsp3) is 0.312. The summed E-state index contributed by atoms with van der Waals surface area (Å²) in [5.41, 5.74) is 1.85. The summed E-state index contributed by atoms with van der Waals surface area (Å²) in [6, 6.07) is 3.56. The molecule has 0 atom stereocenters. The van der Waals surface area contributed by atoms with Crippen molar-refractivity contribution in [1.29, 1.82) is 0 Å². The zero-order valence-corrected chi connectivity index (χ0v) is 13.6. The van der Waals surface area contributed by atoms with E-state index in [1.54, 1.807) is 24.1 Å². The molecule has 7 heteroatoms. The van der Waals surface area contributed by atoms with E-state index in [1.165, 1.54) is 19.5 Å². The Morgan fingerprint density at radius 2 is 2.09 bits per heavy atom. The molecule has 1 aromatic heterocycles. The molecule has 0 fully saturated rings. The van der Waals surface area contributed by atoms with E-state index in [-0.39, 0.29) is 11.6 Å². The SMILES string of the molecule is COc1cncc(C(=O)N2CCCc3c(Cl)ccc(OC)c32)n1. The average molecular weight is 334 g/mol. The normalized spacial score (nSPS) is 13.4. The minimum absolute atomic E-state index is 0.222. The standard InChI is InChI=1S/C16H16ClN3O3/c1-22-13-6-5-11(17)10-4-3-7-20(15(10)13)16(21)12-8-18-9-14(19-12)23-2/h5-6,8-9H,3-4,7H2,1-2H3. The maximum atomic E-state index is 12.9. The number of halogens is 1. The van der Waals surface area contributed by atoms with Crippen LogP contribution in [0.2, 0.25) is 5.02 Å². The van der Waals surface area contributed by atoms with Gasteiger partial charge >= 0.3 is 0 Å². The number of amides is 1. The first kappa shape index (κ1) is 15.6. The van der Waals surface area contributed by atoms with Gasteiger partial charge in [-0.3, -0.25) is 9.78 Å². The van der Waals surface area contributed by atoms with Crippen molar-refractivity contribution in [2.75, 3.05) is 25.7 Å². The van der Waals surface area contributed by atoms with Gasteiger partial charge in [0.05, 0.1) is 32.3 Å². The van der Waals surface area contributed by atoms with E-state index in [9.17, 15) is 4.79 Å². The van der Waals surface area contributed by atoms with E-state index in [1.807, 2.05) is 0 Å². The molecule has 23 heavy (non-hydrogen) atoms. The van der Waals surface area contributed by atoms with Crippen molar-refractivity contribution in [3.63, 3.8) is 0 Å². The number of carbonyl (C=O) groups is 1. The Balaban J connectivity index is 2.05. The van der Waals surface area contributed by atoms with Crippen LogP contribution in [-0.2, 0) is 6.42 Å². The molecule has 2 aromatic rings. The molecule has 6 nitrogen and oxygen atoms in total. The van der Waals surface area contributed by atoms with Crippen molar-refractivity contribution < 1.29 is 14.3 Å². The lowest BCUT2D eigenvalue weighted by Gasteiger charge is -2.31. The smallest absolute Gasteiger partial charge is 0.278 e. The summed E-state index contributed by atoms with van der Waals surface area (Å²) in [7, 11) is 3.06. The molecular weight excluding hydrogens is 318 g/mol. The summed E-state index contributed by atoms with van der Waals surface area (Å²) >= 11 is 6.29. The van der Waals surface area contributed by atoms with E-state index < -0.39 is 0 Å². The van der Waals surface area contributed by atoms with Crippen molar-refractivity contribution in [3.05, 3.63) is 40.8 Å². The molecule has 0 aliphatic carbocycles. The summed E-state index contributed by atoms with van der Waals surface area (Å²) in [6.45, 7) is 0.571. The topological polar surface area (TPSA) is 64.5 Å². The van der Waals surface area contributed by atoms with Crippen molar-refractivity contribution in [1.82, 2.24) is 9.97 Å². The predicted molar refractivity (Wildman–Crippen MR) is 86.6 cm³/mol. The maximum absolute atomic E-state index is 12.9. The Kier molecular flexibility index (Phi) is 4.34. The van der Waals surface area contributed by atoms with Gasteiger partial charge in [0.1, 0.15) is 5.75 Å². The molecule has 0 N–H and O–H groups in total. The van der Waals surface area contributed by atoms with Gasteiger partial charge in [0.15, 0.2) is 5.69 Å². The van der Waals surface area contributed by atoms with Crippen molar-refractivity contribution in [3.8, 4) is 11.6 Å². The summed E-state index contributed by atoms with van der Waals surface area (Å²) in [5, 5.41) is 0.634. The Labute approximate surface area is 139 Å². The largest absolute Gasteiger partial charge is 0.495 e. The highest BCUT2D eigenvalue weighted by Crippen LogP contribution is 2.40. The van der Waals surface area contributed by atoms with Gasteiger partial charge < -0.3 is 14.4 Å². The predicted octanol–water partition coefficient (Wildman–Crippen LogP) is 2.74. The van der Waals surface area contributed by atoms with E-state index in [2.05, 4.69) is 9.97 Å². The van der Waals surface area contributed by atoms with Crippen LogP contribution in [0.15, 0.2) is 24.5 Å². The van der Waals surface area contributed by atoms with Gasteiger partial charge in [-0.25, -0.2) is 4.98 Å². The van der Waals surface area contributed by atoms with E-state index in [4.69, 9.17) is 21.1 Å². The van der Waals surface area contributed by atoms with Crippen LogP contribution in [0.3, 0.4) is 0 Å². The highest BCUT2D eigenvalue weighted by molar-refractivity contribution is 6.32. The number of rotatable bonds is 3. The summed E-state index contributed by atoms with van der Waals surface area (Å²) in [6.07, 6.45) is 4.51. The molecule has 1 aliphatic heterocycles. The van der Waals surface area contributed by atoms with Gasteiger partial charge in [0.2, 0.25) is 5.88 Å². The molecule has 0 saturated carbocycles. The molecule has 1 aromatic carbocycles. The summed E-state index contributed by atoms with van der Waals surface area (Å²) in [5.74, 6) is 0.664. The number of nitrogens with zero attached hydrogens (tertiary/aromatic N) is 3. The third-order valence-electron chi connectivity index (χ3n) is 3.77. The van der Waals surface area contributed by atoms with Gasteiger partial charge in [-0.15, -0.1) is 0 Å². The second-order valence-electron chi connectivity index (χ2n) is 5.08. The molecule has 0 unspecified atom stereocenters. The molecular formula is C16H16ClN3O3. The Morgan fingerprint density at radius 3 is 2.83 bits per heavy atom. The fourth-order valence-corrected chi connectivity index (χ4v) is 2.95. The molecule has 0 bridgehead atoms. The highest BCUT2D eigenvalue weighted by Gasteiger charge is 2.29. The first-order valence-corrected chi connectivity index (χ1v) is 7.56. The van der Waals surface area contributed by atoms with Crippen LogP contribution in [-0.4, -0.2) is 36.6 Å². The first-order chi connectivity index (χ1) is 11.2. The third-order valence-corrected chi connectivity index (χ3v) is 4.13. The third kappa shape index (κ3) is 2.82. The number of carbonyl (C=O) groups excluding carboxylic acids is 1. The Bertz CT molecular complexity index is 751. The lowest BCUT2D eigenvalue weighted by molar-refractivity contribution is 0.0978. The monoisotopic (exact) mass is 333 g/mol. The van der Waals surface area contributed by atoms with Crippen molar-refractivity contribution >= 4 is 23.2 Å². The average Bonchev–Trinajstić information content (AvgIpc) is 2.61. The lowest BCUT2D eigenvalue weighted by atomic mass is 10.0.